The third kappa shape index (κ3) is 1.71. The minimum absolute atomic E-state index is 0.535. The molecule has 0 aliphatic heterocycles. The molecule has 0 saturated heterocycles. The molecule has 0 bridgehead atoms. The molecule has 0 spiro atoms. The highest BCUT2D eigenvalue weighted by atomic mass is 15.0. The first-order valence-corrected chi connectivity index (χ1v) is 3.43. The quantitative estimate of drug-likeness (QED) is 0.455. The second kappa shape index (κ2) is 3.07. The lowest BCUT2D eigenvalue weighted by atomic mass is 10.3. The second-order valence-electron chi connectivity index (χ2n) is 2.46. The van der Waals surface area contributed by atoms with Crippen LogP contribution in [0.5, 0.6) is 0 Å². The minimum Gasteiger partial charge on any atom is -0.287 e. The molecule has 0 aliphatic carbocycles. The van der Waals surface area contributed by atoms with Crippen LogP contribution in [0.1, 0.15) is 5.56 Å². The van der Waals surface area contributed by atoms with E-state index < -0.39 is 0 Å². The van der Waals surface area contributed by atoms with Gasteiger partial charge in [-0.3, -0.25) is 5.73 Å². The lowest BCUT2D eigenvalue weighted by Crippen LogP contribution is -2.36. The fourth-order valence-corrected chi connectivity index (χ4v) is 0.911. The summed E-state index contributed by atoms with van der Waals surface area (Å²) in [7, 11) is 0. The number of hydrogen-bond donors (Lipinski definition) is 1. The maximum absolute atomic E-state index is 5.64. The number of hydrogen-bond acceptors (Lipinski definition) is 1. The van der Waals surface area contributed by atoms with Gasteiger partial charge in [0.1, 0.15) is 0 Å². The molecular weight excluding hydrogens is 136 g/mol. The summed E-state index contributed by atoms with van der Waals surface area (Å²) >= 11 is 0. The summed E-state index contributed by atoms with van der Waals surface area (Å²) in [4.78, 5) is 0. The summed E-state index contributed by atoms with van der Waals surface area (Å²) in [6, 6.07) is 3.81. The van der Waals surface area contributed by atoms with E-state index >= 15 is 0 Å². The van der Waals surface area contributed by atoms with Crippen molar-refractivity contribution in [2.24, 2.45) is 0 Å². The van der Waals surface area contributed by atoms with Gasteiger partial charge in [0.25, 0.3) is 5.82 Å². The van der Waals surface area contributed by atoms with Crippen LogP contribution < -0.4 is 10.3 Å². The molecule has 1 rings (SSSR count). The van der Waals surface area contributed by atoms with Gasteiger partial charge in [0.05, 0.1) is 6.20 Å². The van der Waals surface area contributed by atoms with Gasteiger partial charge in [0.15, 0.2) is 6.54 Å². The Balaban J connectivity index is 3.05. The van der Waals surface area contributed by atoms with Crippen molar-refractivity contribution >= 4 is 5.82 Å². The predicted molar refractivity (Wildman–Crippen MR) is 44.6 cm³/mol. The number of nitrogens with zero attached hydrogens (tertiary/aromatic N) is 1. The van der Waals surface area contributed by atoms with Gasteiger partial charge < -0.3 is 0 Å². The average molecular weight is 147 g/mol. The molecule has 0 amide bonds. The van der Waals surface area contributed by atoms with Crippen molar-refractivity contribution < 1.29 is 4.57 Å². The van der Waals surface area contributed by atoms with Crippen molar-refractivity contribution in [3.05, 3.63) is 23.9 Å². The van der Waals surface area contributed by atoms with Gasteiger partial charge in [0.2, 0.25) is 0 Å². The SMILES string of the molecule is C#CC[n+]1cc(C)ccc1N. The van der Waals surface area contributed by atoms with Crippen LogP contribution >= 0.6 is 0 Å². The highest BCUT2D eigenvalue weighted by Crippen LogP contribution is 1.96. The molecule has 0 aliphatic rings. The zero-order chi connectivity index (χ0) is 8.27. The molecule has 0 saturated carbocycles. The van der Waals surface area contributed by atoms with Crippen LogP contribution in [-0.4, -0.2) is 0 Å². The molecule has 0 atom stereocenters. The Hall–Kier alpha value is -1.49. The third-order valence-electron chi connectivity index (χ3n) is 1.47. The third-order valence-corrected chi connectivity index (χ3v) is 1.47. The molecule has 0 aromatic carbocycles. The van der Waals surface area contributed by atoms with Crippen molar-refractivity contribution in [3.63, 3.8) is 0 Å². The Kier molecular flexibility index (Phi) is 2.12. The summed E-state index contributed by atoms with van der Waals surface area (Å²) in [5, 5.41) is 0. The number of aryl methyl sites for hydroxylation is 1. The standard InChI is InChI=1S/C9H10N2/c1-3-6-11-7-8(2)4-5-9(11)10/h1,4-5,7,10H,6H2,2H3/p+1. The molecule has 2 N–H and O–H groups in total. The van der Waals surface area contributed by atoms with Gasteiger partial charge in [-0.1, -0.05) is 5.92 Å². The summed E-state index contributed by atoms with van der Waals surface area (Å²) in [5.41, 5.74) is 6.80. The number of nitrogen functional groups attached to an aromatic ring is 1. The Bertz CT molecular complexity index is 297. The molecule has 2 nitrogen and oxygen atoms in total. The lowest BCUT2D eigenvalue weighted by Gasteiger charge is -1.98. The van der Waals surface area contributed by atoms with Gasteiger partial charge in [-0.2, -0.15) is 0 Å². The maximum Gasteiger partial charge on any atom is 0.273 e. The van der Waals surface area contributed by atoms with Gasteiger partial charge in [-0.15, -0.1) is 6.42 Å². The summed E-state index contributed by atoms with van der Waals surface area (Å²) in [5.74, 6) is 3.24. The summed E-state index contributed by atoms with van der Waals surface area (Å²) in [6.07, 6.45) is 7.09. The highest BCUT2D eigenvalue weighted by molar-refractivity contribution is 5.22. The van der Waals surface area contributed by atoms with E-state index in [1.807, 2.05) is 29.8 Å². The van der Waals surface area contributed by atoms with Crippen LogP contribution in [0.3, 0.4) is 0 Å². The van der Waals surface area contributed by atoms with Gasteiger partial charge in [0, 0.05) is 6.07 Å². The molecule has 1 aromatic heterocycles. The van der Waals surface area contributed by atoms with E-state index in [4.69, 9.17) is 12.2 Å². The number of anilines is 1. The van der Waals surface area contributed by atoms with E-state index in [1.165, 1.54) is 0 Å². The van der Waals surface area contributed by atoms with E-state index in [9.17, 15) is 0 Å². The first-order chi connectivity index (χ1) is 5.24. The topological polar surface area (TPSA) is 29.9 Å². The van der Waals surface area contributed by atoms with Gasteiger partial charge >= 0.3 is 0 Å². The van der Waals surface area contributed by atoms with E-state index in [-0.39, 0.29) is 0 Å². The van der Waals surface area contributed by atoms with Crippen molar-refractivity contribution in [3.8, 4) is 12.3 Å². The normalized spacial score (nSPS) is 9.09. The van der Waals surface area contributed by atoms with E-state index in [0.717, 1.165) is 5.56 Å². The average Bonchev–Trinajstić information content (AvgIpc) is 1.98. The number of nitrogens with two attached hydrogens (primary N) is 1. The molecule has 11 heavy (non-hydrogen) atoms. The zero-order valence-corrected chi connectivity index (χ0v) is 6.54. The fourth-order valence-electron chi connectivity index (χ4n) is 0.911. The van der Waals surface area contributed by atoms with Crippen LogP contribution in [0.15, 0.2) is 18.3 Å². The summed E-state index contributed by atoms with van der Waals surface area (Å²) < 4.78 is 1.84. The molecule has 1 aromatic rings. The summed E-state index contributed by atoms with van der Waals surface area (Å²) in [6.45, 7) is 2.54. The van der Waals surface area contributed by atoms with E-state index in [0.29, 0.717) is 12.4 Å². The Morgan fingerprint density at radius 3 is 3.00 bits per heavy atom. The largest absolute Gasteiger partial charge is 0.287 e. The van der Waals surface area contributed by atoms with Crippen LogP contribution in [0, 0.1) is 19.3 Å². The second-order valence-corrected chi connectivity index (χ2v) is 2.46. The number of pyridine rings is 1. The predicted octanol–water partition coefficient (Wildman–Crippen LogP) is 0.498. The minimum atomic E-state index is 0.535. The van der Waals surface area contributed by atoms with Crippen LogP contribution in [0.25, 0.3) is 0 Å². The zero-order valence-electron chi connectivity index (χ0n) is 6.54. The lowest BCUT2D eigenvalue weighted by molar-refractivity contribution is -0.670. The molecule has 0 radical (unpaired) electrons. The molecule has 0 unspecified atom stereocenters. The van der Waals surface area contributed by atoms with Crippen LogP contribution in [0.4, 0.5) is 5.82 Å². The Morgan fingerprint density at radius 2 is 2.36 bits per heavy atom. The van der Waals surface area contributed by atoms with E-state index in [1.54, 1.807) is 0 Å². The first kappa shape index (κ1) is 7.62. The molecule has 56 valence electrons. The molecule has 1 heterocycles. The van der Waals surface area contributed by atoms with Crippen molar-refractivity contribution in [1.29, 1.82) is 0 Å². The smallest absolute Gasteiger partial charge is 0.273 e. The van der Waals surface area contributed by atoms with Crippen molar-refractivity contribution in [2.45, 2.75) is 13.5 Å². The fraction of sp³-hybridized carbons (Fsp3) is 0.222. The highest BCUT2D eigenvalue weighted by Gasteiger charge is 2.00. The van der Waals surface area contributed by atoms with E-state index in [2.05, 4.69) is 5.92 Å². The Labute approximate surface area is 66.7 Å². The van der Waals surface area contributed by atoms with Crippen LogP contribution in [0.2, 0.25) is 0 Å². The maximum atomic E-state index is 5.64. The number of aromatic nitrogens is 1. The van der Waals surface area contributed by atoms with Crippen molar-refractivity contribution in [2.75, 3.05) is 5.73 Å². The molecule has 0 fully saturated rings. The number of rotatable bonds is 1. The Morgan fingerprint density at radius 1 is 1.64 bits per heavy atom. The van der Waals surface area contributed by atoms with Gasteiger partial charge in [-0.25, -0.2) is 4.57 Å². The monoisotopic (exact) mass is 147 g/mol. The van der Waals surface area contributed by atoms with Crippen LogP contribution in [-0.2, 0) is 6.54 Å². The number of terminal acetylenes is 1. The molecular formula is C9H11N2+. The molecule has 2 heteroatoms. The van der Waals surface area contributed by atoms with Gasteiger partial charge in [-0.05, 0) is 18.6 Å². The first-order valence-electron chi connectivity index (χ1n) is 3.43. The van der Waals surface area contributed by atoms with Crippen molar-refractivity contribution in [1.82, 2.24) is 0 Å².